The van der Waals surface area contributed by atoms with Crippen LogP contribution in [0.3, 0.4) is 0 Å². The second-order valence-electron chi connectivity index (χ2n) is 5.35. The van der Waals surface area contributed by atoms with Gasteiger partial charge in [0.15, 0.2) is 6.29 Å². The molecule has 0 N–H and O–H groups in total. The minimum Gasteiger partial charge on any atom is -0.431 e. The van der Waals surface area contributed by atoms with Gasteiger partial charge in [-0.1, -0.05) is 32.9 Å². The van der Waals surface area contributed by atoms with Gasteiger partial charge in [0, 0.05) is 19.7 Å². The highest BCUT2D eigenvalue weighted by atomic mass is 32.1. The molecule has 0 spiro atoms. The van der Waals surface area contributed by atoms with Gasteiger partial charge < -0.3 is 9.64 Å². The molecule has 0 amide bonds. The lowest BCUT2D eigenvalue weighted by Crippen LogP contribution is -2.27. The number of carbonyl (C=O) groups excluding carboxylic acids is 1. The maximum Gasteiger partial charge on any atom is 0.264 e. The molecule has 0 aromatic heterocycles. The first-order valence-electron chi connectivity index (χ1n) is 5.75. The maximum absolute atomic E-state index is 11.1. The molecule has 98 valence electrons. The number of para-hydroxylation sites is 1. The maximum atomic E-state index is 11.1. The Morgan fingerprint density at radius 1 is 1.33 bits per heavy atom. The van der Waals surface area contributed by atoms with E-state index in [1.807, 2.05) is 26.2 Å². The fourth-order valence-corrected chi connectivity index (χ4v) is 1.61. The molecule has 0 atom stereocenters. The highest BCUT2D eigenvalue weighted by molar-refractivity contribution is 7.80. The molecule has 1 rings (SSSR count). The number of aldehydes is 1. The second-order valence-corrected chi connectivity index (χ2v) is 5.70. The fourth-order valence-electron chi connectivity index (χ4n) is 1.53. The van der Waals surface area contributed by atoms with Crippen molar-refractivity contribution in [3.8, 4) is 5.75 Å². The second kappa shape index (κ2) is 5.48. The molecule has 0 aliphatic rings. The average Bonchev–Trinajstić information content (AvgIpc) is 2.27. The number of rotatable bonds is 2. The summed E-state index contributed by atoms with van der Waals surface area (Å²) in [5, 5.41) is 0.342. The Balaban J connectivity index is 3.29. The molecule has 0 saturated heterocycles. The lowest BCUT2D eigenvalue weighted by molar-refractivity contribution is 0.112. The molecule has 1 aromatic carbocycles. The third-order valence-corrected chi connectivity index (χ3v) is 2.98. The van der Waals surface area contributed by atoms with Gasteiger partial charge in [0.2, 0.25) is 0 Å². The van der Waals surface area contributed by atoms with E-state index in [9.17, 15) is 4.79 Å². The summed E-state index contributed by atoms with van der Waals surface area (Å²) < 4.78 is 5.68. The average molecular weight is 265 g/mol. The number of hydrogen-bond donors (Lipinski definition) is 0. The summed E-state index contributed by atoms with van der Waals surface area (Å²) in [5.74, 6) is 0.554. The fraction of sp³-hybridized carbons (Fsp3) is 0.429. The van der Waals surface area contributed by atoms with Gasteiger partial charge >= 0.3 is 0 Å². The summed E-state index contributed by atoms with van der Waals surface area (Å²) in [6.07, 6.45) is 0.794. The van der Waals surface area contributed by atoms with Crippen molar-refractivity contribution in [1.29, 1.82) is 0 Å². The monoisotopic (exact) mass is 265 g/mol. The van der Waals surface area contributed by atoms with E-state index in [1.54, 1.807) is 11.0 Å². The van der Waals surface area contributed by atoms with E-state index in [-0.39, 0.29) is 5.41 Å². The molecule has 3 nitrogen and oxygen atoms in total. The first kappa shape index (κ1) is 14.6. The van der Waals surface area contributed by atoms with Gasteiger partial charge in [-0.05, 0) is 23.7 Å². The van der Waals surface area contributed by atoms with Crippen molar-refractivity contribution in [2.24, 2.45) is 0 Å². The number of carbonyl (C=O) groups is 1. The zero-order chi connectivity index (χ0) is 13.9. The molecule has 0 saturated carbocycles. The van der Waals surface area contributed by atoms with Crippen molar-refractivity contribution >= 4 is 23.7 Å². The van der Waals surface area contributed by atoms with Crippen LogP contribution in [0.1, 0.15) is 36.7 Å². The standard InChI is InChI=1S/C14H19NO2S/c1-14(2,3)11-8-6-7-10(9-16)12(11)17-13(18)15(4)5/h6-9H,1-5H3. The quantitative estimate of drug-likeness (QED) is 0.607. The summed E-state index contributed by atoms with van der Waals surface area (Å²) in [6.45, 7) is 6.22. The van der Waals surface area contributed by atoms with Crippen molar-refractivity contribution in [3.63, 3.8) is 0 Å². The number of ether oxygens (including phenoxy) is 1. The van der Waals surface area contributed by atoms with Crippen molar-refractivity contribution < 1.29 is 9.53 Å². The Hall–Kier alpha value is -1.42. The molecule has 0 bridgehead atoms. The number of hydrogen-bond acceptors (Lipinski definition) is 3. The summed E-state index contributed by atoms with van der Waals surface area (Å²) in [6, 6.07) is 5.55. The van der Waals surface area contributed by atoms with Gasteiger partial charge in [-0.15, -0.1) is 0 Å². The molecular formula is C14H19NO2S. The summed E-state index contributed by atoms with van der Waals surface area (Å²) in [4.78, 5) is 12.8. The molecule has 18 heavy (non-hydrogen) atoms. The van der Waals surface area contributed by atoms with Crippen LogP contribution in [-0.2, 0) is 5.41 Å². The van der Waals surface area contributed by atoms with Crippen LogP contribution in [0.15, 0.2) is 18.2 Å². The third kappa shape index (κ3) is 3.29. The predicted molar refractivity (Wildman–Crippen MR) is 77.4 cm³/mol. The topological polar surface area (TPSA) is 29.5 Å². The highest BCUT2D eigenvalue weighted by Crippen LogP contribution is 2.33. The van der Waals surface area contributed by atoms with Gasteiger partial charge in [-0.25, -0.2) is 0 Å². The van der Waals surface area contributed by atoms with Gasteiger partial charge in [0.05, 0.1) is 5.56 Å². The number of benzene rings is 1. The molecule has 0 heterocycles. The summed E-state index contributed by atoms with van der Waals surface area (Å²) >= 11 is 5.14. The predicted octanol–water partition coefficient (Wildman–Crippen LogP) is 3.02. The summed E-state index contributed by atoms with van der Waals surface area (Å²) in [7, 11) is 3.62. The third-order valence-electron chi connectivity index (χ3n) is 2.53. The van der Waals surface area contributed by atoms with Crippen LogP contribution in [0.4, 0.5) is 0 Å². The Morgan fingerprint density at radius 2 is 1.94 bits per heavy atom. The lowest BCUT2D eigenvalue weighted by Gasteiger charge is -2.25. The molecule has 0 radical (unpaired) electrons. The van der Waals surface area contributed by atoms with E-state index in [4.69, 9.17) is 17.0 Å². The normalized spacial score (nSPS) is 10.9. The van der Waals surface area contributed by atoms with Crippen LogP contribution in [0.5, 0.6) is 5.75 Å². The molecule has 1 aromatic rings. The molecule has 0 aliphatic carbocycles. The van der Waals surface area contributed by atoms with E-state index < -0.39 is 0 Å². The van der Waals surface area contributed by atoms with Crippen molar-refractivity contribution in [3.05, 3.63) is 29.3 Å². The van der Waals surface area contributed by atoms with Crippen LogP contribution in [0.25, 0.3) is 0 Å². The minimum absolute atomic E-state index is 0.115. The van der Waals surface area contributed by atoms with Crippen LogP contribution in [0, 0.1) is 0 Å². The first-order chi connectivity index (χ1) is 8.27. The SMILES string of the molecule is CN(C)C(=S)Oc1c(C=O)cccc1C(C)(C)C. The van der Waals surface area contributed by atoms with Crippen molar-refractivity contribution in [1.82, 2.24) is 4.90 Å². The van der Waals surface area contributed by atoms with Gasteiger partial charge in [0.25, 0.3) is 5.17 Å². The van der Waals surface area contributed by atoms with Crippen LogP contribution >= 0.6 is 12.2 Å². The Morgan fingerprint density at radius 3 is 2.39 bits per heavy atom. The van der Waals surface area contributed by atoms with Crippen LogP contribution in [0.2, 0.25) is 0 Å². The van der Waals surface area contributed by atoms with Gasteiger partial charge in [0.1, 0.15) is 5.75 Å². The molecular weight excluding hydrogens is 246 g/mol. The smallest absolute Gasteiger partial charge is 0.264 e. The van der Waals surface area contributed by atoms with Gasteiger partial charge in [-0.3, -0.25) is 4.79 Å². The van der Waals surface area contributed by atoms with E-state index in [0.717, 1.165) is 11.8 Å². The lowest BCUT2D eigenvalue weighted by atomic mass is 9.85. The van der Waals surface area contributed by atoms with E-state index in [0.29, 0.717) is 16.5 Å². The molecule has 0 unspecified atom stereocenters. The molecule has 0 aliphatic heterocycles. The van der Waals surface area contributed by atoms with E-state index >= 15 is 0 Å². The number of nitrogens with zero attached hydrogens (tertiary/aromatic N) is 1. The largest absolute Gasteiger partial charge is 0.431 e. The van der Waals surface area contributed by atoms with E-state index in [1.165, 1.54) is 0 Å². The minimum atomic E-state index is -0.115. The zero-order valence-electron chi connectivity index (χ0n) is 11.5. The highest BCUT2D eigenvalue weighted by Gasteiger charge is 2.22. The zero-order valence-corrected chi connectivity index (χ0v) is 12.3. The Bertz CT molecular complexity index is 461. The molecule has 4 heteroatoms. The van der Waals surface area contributed by atoms with Crippen molar-refractivity contribution in [2.45, 2.75) is 26.2 Å². The Labute approximate surface area is 114 Å². The van der Waals surface area contributed by atoms with Crippen molar-refractivity contribution in [2.75, 3.05) is 14.1 Å². The first-order valence-corrected chi connectivity index (χ1v) is 6.16. The Kier molecular flexibility index (Phi) is 4.46. The summed E-state index contributed by atoms with van der Waals surface area (Å²) in [5.41, 5.74) is 1.37. The van der Waals surface area contributed by atoms with E-state index in [2.05, 4.69) is 20.8 Å². The number of thiocarbonyl (C=S) groups is 1. The van der Waals surface area contributed by atoms with Gasteiger partial charge in [-0.2, -0.15) is 0 Å². The van der Waals surface area contributed by atoms with Crippen LogP contribution in [-0.4, -0.2) is 30.5 Å². The molecule has 0 fully saturated rings. The van der Waals surface area contributed by atoms with Crippen LogP contribution < -0.4 is 4.74 Å².